The van der Waals surface area contributed by atoms with Crippen LogP contribution in [0.2, 0.25) is 0 Å². The van der Waals surface area contributed by atoms with Crippen LogP contribution in [0.4, 0.5) is 0 Å². The Morgan fingerprint density at radius 1 is 1.06 bits per heavy atom. The predicted molar refractivity (Wildman–Crippen MR) is 75.1 cm³/mol. The molecule has 94 valence electrons. The Labute approximate surface area is 109 Å². The molecule has 0 aliphatic carbocycles. The topological polar surface area (TPSA) is 21.3 Å². The van der Waals surface area contributed by atoms with E-state index in [1.165, 1.54) is 22.3 Å². The molecule has 1 N–H and O–H groups in total. The molecule has 18 heavy (non-hydrogen) atoms. The molecule has 0 aliphatic rings. The van der Waals surface area contributed by atoms with Crippen LogP contribution < -0.4 is 5.48 Å². The number of rotatable bonds is 5. The van der Waals surface area contributed by atoms with Gasteiger partial charge in [-0.05, 0) is 34.7 Å². The van der Waals surface area contributed by atoms with Gasteiger partial charge in [-0.3, -0.25) is 0 Å². The first-order chi connectivity index (χ1) is 8.85. The van der Waals surface area contributed by atoms with Gasteiger partial charge < -0.3 is 4.84 Å². The minimum atomic E-state index is 0.723. The molecule has 0 aliphatic heterocycles. The van der Waals surface area contributed by atoms with Gasteiger partial charge in [0.2, 0.25) is 0 Å². The van der Waals surface area contributed by atoms with E-state index in [0.717, 1.165) is 13.0 Å². The average Bonchev–Trinajstić information content (AvgIpc) is 2.45. The quantitative estimate of drug-likeness (QED) is 0.808. The van der Waals surface area contributed by atoms with E-state index in [-0.39, 0.29) is 0 Å². The molecule has 2 rings (SSSR count). The lowest BCUT2D eigenvalue weighted by Gasteiger charge is -2.11. The van der Waals surface area contributed by atoms with Crippen LogP contribution in [0.1, 0.15) is 18.1 Å². The van der Waals surface area contributed by atoms with Crippen LogP contribution in [0, 0.1) is 0 Å². The molecular formula is C16H19NO. The van der Waals surface area contributed by atoms with Crippen molar-refractivity contribution in [2.45, 2.75) is 19.9 Å². The highest BCUT2D eigenvalue weighted by Crippen LogP contribution is 2.25. The summed E-state index contributed by atoms with van der Waals surface area (Å²) in [7, 11) is 1.64. The molecule has 0 spiro atoms. The maximum Gasteiger partial charge on any atom is 0.0572 e. The second kappa shape index (κ2) is 6.34. The van der Waals surface area contributed by atoms with Crippen LogP contribution in [0.25, 0.3) is 11.1 Å². The molecule has 2 heteroatoms. The molecule has 0 heterocycles. The third kappa shape index (κ3) is 2.97. The van der Waals surface area contributed by atoms with Crippen molar-refractivity contribution < 1.29 is 4.84 Å². The van der Waals surface area contributed by atoms with Crippen molar-refractivity contribution in [3.63, 3.8) is 0 Å². The van der Waals surface area contributed by atoms with Crippen molar-refractivity contribution in [3.05, 3.63) is 59.7 Å². The molecule has 0 amide bonds. The molecule has 2 aromatic carbocycles. The molecule has 0 aromatic heterocycles. The van der Waals surface area contributed by atoms with E-state index in [2.05, 4.69) is 54.9 Å². The standard InChI is InChI=1S/C16H19NO/c1-3-14-10-9-13(12-17-18-2)11-16(14)15-7-5-4-6-8-15/h4-11,17H,3,12H2,1-2H3. The molecule has 0 saturated carbocycles. The fourth-order valence-electron chi connectivity index (χ4n) is 2.08. The monoisotopic (exact) mass is 241 g/mol. The fourth-order valence-corrected chi connectivity index (χ4v) is 2.08. The van der Waals surface area contributed by atoms with Crippen LogP contribution in [-0.2, 0) is 17.8 Å². The summed E-state index contributed by atoms with van der Waals surface area (Å²) in [6.45, 7) is 2.91. The van der Waals surface area contributed by atoms with Gasteiger partial charge in [-0.1, -0.05) is 49.4 Å². The molecule has 0 atom stereocenters. The fraction of sp³-hybridized carbons (Fsp3) is 0.250. The van der Waals surface area contributed by atoms with E-state index in [1.54, 1.807) is 7.11 Å². The van der Waals surface area contributed by atoms with E-state index < -0.39 is 0 Å². The van der Waals surface area contributed by atoms with Gasteiger partial charge in [-0.2, -0.15) is 5.48 Å². The zero-order valence-corrected chi connectivity index (χ0v) is 10.9. The normalized spacial score (nSPS) is 10.6. The van der Waals surface area contributed by atoms with Gasteiger partial charge in [-0.15, -0.1) is 0 Å². The first-order valence-electron chi connectivity index (χ1n) is 6.28. The van der Waals surface area contributed by atoms with Crippen LogP contribution in [0.3, 0.4) is 0 Å². The van der Waals surface area contributed by atoms with Crippen molar-refractivity contribution in [2.75, 3.05) is 7.11 Å². The summed E-state index contributed by atoms with van der Waals surface area (Å²) in [5, 5.41) is 0. The molecule has 0 fully saturated rings. The summed E-state index contributed by atoms with van der Waals surface area (Å²) in [6, 6.07) is 17.1. The lowest BCUT2D eigenvalue weighted by molar-refractivity contribution is 0.0867. The van der Waals surface area contributed by atoms with E-state index in [1.807, 2.05) is 6.07 Å². The predicted octanol–water partition coefficient (Wildman–Crippen LogP) is 3.57. The van der Waals surface area contributed by atoms with Gasteiger partial charge >= 0.3 is 0 Å². The Hall–Kier alpha value is -1.64. The Morgan fingerprint density at radius 2 is 1.83 bits per heavy atom. The lowest BCUT2D eigenvalue weighted by atomic mass is 9.96. The van der Waals surface area contributed by atoms with E-state index in [4.69, 9.17) is 4.84 Å². The minimum absolute atomic E-state index is 0.723. The smallest absolute Gasteiger partial charge is 0.0572 e. The molecule has 0 saturated heterocycles. The first kappa shape index (κ1) is 12.8. The van der Waals surface area contributed by atoms with Crippen LogP contribution in [-0.4, -0.2) is 7.11 Å². The van der Waals surface area contributed by atoms with Gasteiger partial charge in [-0.25, -0.2) is 0 Å². The summed E-state index contributed by atoms with van der Waals surface area (Å²) in [4.78, 5) is 4.90. The molecule has 0 unspecified atom stereocenters. The van der Waals surface area contributed by atoms with Crippen molar-refractivity contribution in [2.24, 2.45) is 0 Å². The molecular weight excluding hydrogens is 222 g/mol. The molecule has 2 aromatic rings. The summed E-state index contributed by atoms with van der Waals surface area (Å²) < 4.78 is 0. The Kier molecular flexibility index (Phi) is 4.51. The molecule has 0 bridgehead atoms. The Morgan fingerprint density at radius 3 is 2.50 bits per heavy atom. The van der Waals surface area contributed by atoms with Crippen LogP contribution in [0.5, 0.6) is 0 Å². The van der Waals surface area contributed by atoms with Crippen molar-refractivity contribution >= 4 is 0 Å². The Bertz CT molecular complexity index is 494. The highest BCUT2D eigenvalue weighted by molar-refractivity contribution is 5.68. The maximum atomic E-state index is 4.90. The van der Waals surface area contributed by atoms with E-state index in [9.17, 15) is 0 Å². The second-order valence-electron chi connectivity index (χ2n) is 4.24. The lowest BCUT2D eigenvalue weighted by Crippen LogP contribution is -2.10. The highest BCUT2D eigenvalue weighted by atomic mass is 16.6. The summed E-state index contributed by atoms with van der Waals surface area (Å²) in [5.74, 6) is 0. The third-order valence-electron chi connectivity index (χ3n) is 3.06. The van der Waals surface area contributed by atoms with Crippen LogP contribution in [0.15, 0.2) is 48.5 Å². The summed E-state index contributed by atoms with van der Waals surface area (Å²) >= 11 is 0. The molecule has 0 radical (unpaired) electrons. The van der Waals surface area contributed by atoms with Gasteiger partial charge in [0.15, 0.2) is 0 Å². The summed E-state index contributed by atoms with van der Waals surface area (Å²) in [5.41, 5.74) is 8.07. The number of nitrogens with one attached hydrogen (secondary N) is 1. The highest BCUT2D eigenvalue weighted by Gasteiger charge is 2.04. The number of benzene rings is 2. The number of hydrogen-bond acceptors (Lipinski definition) is 2. The van der Waals surface area contributed by atoms with Gasteiger partial charge in [0, 0.05) is 6.54 Å². The molecule has 2 nitrogen and oxygen atoms in total. The zero-order chi connectivity index (χ0) is 12.8. The first-order valence-corrected chi connectivity index (χ1v) is 6.28. The Balaban J connectivity index is 2.37. The van der Waals surface area contributed by atoms with Crippen molar-refractivity contribution in [1.82, 2.24) is 5.48 Å². The average molecular weight is 241 g/mol. The van der Waals surface area contributed by atoms with Crippen molar-refractivity contribution in [3.8, 4) is 11.1 Å². The number of aryl methyl sites for hydroxylation is 1. The summed E-state index contributed by atoms with van der Waals surface area (Å²) in [6.07, 6.45) is 1.04. The van der Waals surface area contributed by atoms with Crippen LogP contribution >= 0.6 is 0 Å². The van der Waals surface area contributed by atoms with E-state index in [0.29, 0.717) is 0 Å². The van der Waals surface area contributed by atoms with Gasteiger partial charge in [0.1, 0.15) is 0 Å². The van der Waals surface area contributed by atoms with E-state index >= 15 is 0 Å². The van der Waals surface area contributed by atoms with Gasteiger partial charge in [0.25, 0.3) is 0 Å². The third-order valence-corrected chi connectivity index (χ3v) is 3.06. The maximum absolute atomic E-state index is 4.90. The number of hydroxylamine groups is 1. The van der Waals surface area contributed by atoms with Crippen molar-refractivity contribution in [1.29, 1.82) is 0 Å². The van der Waals surface area contributed by atoms with Gasteiger partial charge in [0.05, 0.1) is 7.11 Å². The number of hydrogen-bond donors (Lipinski definition) is 1. The SMILES string of the molecule is CCc1ccc(CNOC)cc1-c1ccccc1. The second-order valence-corrected chi connectivity index (χ2v) is 4.24. The largest absolute Gasteiger partial charge is 0.305 e. The zero-order valence-electron chi connectivity index (χ0n) is 10.9. The minimum Gasteiger partial charge on any atom is -0.305 e.